The van der Waals surface area contributed by atoms with Crippen molar-refractivity contribution in [1.82, 2.24) is 10.2 Å². The molecule has 1 amide bonds. The molecule has 35 heavy (non-hydrogen) atoms. The Hall–Kier alpha value is -3.61. The van der Waals surface area contributed by atoms with Crippen molar-refractivity contribution >= 4 is 17.8 Å². The predicted octanol–water partition coefficient (Wildman–Crippen LogP) is 0.940. The standard InChI is InChI=1S/C22H31N3O10/c1-13(23-14(2)21(27)28)20(26)24-12-16-11-19(33-4)18(32-3)10-15(16)9-17(24)22(29)34-7-5-6-8-35-25(30)31/h10-11,13-14,17,23H,5-9,12H2,1-4H3,(H,27,28). The number of nitrogens with zero attached hydrogens (tertiary/aromatic N) is 2. The quantitative estimate of drug-likeness (QED) is 0.172. The first-order valence-corrected chi connectivity index (χ1v) is 11.1. The molecular formula is C22H31N3O10. The zero-order valence-electron chi connectivity index (χ0n) is 20.1. The molecule has 13 nitrogen and oxygen atoms in total. The smallest absolute Gasteiger partial charge is 0.329 e. The maximum atomic E-state index is 13.3. The monoisotopic (exact) mass is 497 g/mol. The number of esters is 1. The first-order valence-electron chi connectivity index (χ1n) is 11.1. The minimum absolute atomic E-state index is 0.00107. The molecule has 1 aromatic carbocycles. The van der Waals surface area contributed by atoms with E-state index in [0.717, 1.165) is 11.1 Å². The molecule has 0 radical (unpaired) electrons. The van der Waals surface area contributed by atoms with Crippen molar-refractivity contribution in [3.05, 3.63) is 33.4 Å². The summed E-state index contributed by atoms with van der Waals surface area (Å²) in [5.74, 6) is -1.24. The number of unbranched alkanes of at least 4 members (excludes halogenated alkanes) is 1. The van der Waals surface area contributed by atoms with Gasteiger partial charge < -0.3 is 29.1 Å². The van der Waals surface area contributed by atoms with E-state index in [9.17, 15) is 24.5 Å². The molecule has 2 rings (SSSR count). The molecule has 0 bridgehead atoms. The van der Waals surface area contributed by atoms with Crippen molar-refractivity contribution in [2.75, 3.05) is 27.4 Å². The second-order valence-corrected chi connectivity index (χ2v) is 8.04. The van der Waals surface area contributed by atoms with Crippen LogP contribution in [0.4, 0.5) is 0 Å². The number of carbonyl (C=O) groups is 3. The van der Waals surface area contributed by atoms with E-state index in [4.69, 9.17) is 19.3 Å². The Kier molecular flexibility index (Phi) is 10.1. The Labute approximate surface area is 202 Å². The molecule has 0 saturated heterocycles. The number of methoxy groups -OCH3 is 2. The third kappa shape index (κ3) is 7.44. The van der Waals surface area contributed by atoms with Gasteiger partial charge >= 0.3 is 11.9 Å². The van der Waals surface area contributed by atoms with Crippen LogP contribution in [0.2, 0.25) is 0 Å². The average molecular weight is 498 g/mol. The summed E-state index contributed by atoms with van der Waals surface area (Å²) in [5.41, 5.74) is 1.54. The molecule has 0 fully saturated rings. The summed E-state index contributed by atoms with van der Waals surface area (Å²) in [7, 11) is 2.99. The Morgan fingerprint density at radius 3 is 2.29 bits per heavy atom. The predicted molar refractivity (Wildman–Crippen MR) is 120 cm³/mol. The van der Waals surface area contributed by atoms with Crippen LogP contribution in [0, 0.1) is 10.1 Å². The topological polar surface area (TPSA) is 167 Å². The highest BCUT2D eigenvalue weighted by molar-refractivity contribution is 5.88. The van der Waals surface area contributed by atoms with Gasteiger partial charge in [0, 0.05) is 13.0 Å². The number of hydrogen-bond donors (Lipinski definition) is 2. The van der Waals surface area contributed by atoms with Gasteiger partial charge in [0.1, 0.15) is 12.1 Å². The Balaban J connectivity index is 2.21. The van der Waals surface area contributed by atoms with Gasteiger partial charge in [-0.3, -0.25) is 14.9 Å². The number of carboxylic acids is 1. The van der Waals surface area contributed by atoms with Crippen LogP contribution in [-0.4, -0.2) is 78.5 Å². The lowest BCUT2D eigenvalue weighted by atomic mass is 9.92. The van der Waals surface area contributed by atoms with Gasteiger partial charge in [0.25, 0.3) is 5.09 Å². The molecule has 13 heteroatoms. The molecule has 1 aromatic rings. The van der Waals surface area contributed by atoms with Crippen LogP contribution in [0.5, 0.6) is 11.5 Å². The number of amides is 1. The lowest BCUT2D eigenvalue weighted by Crippen LogP contribution is -2.56. The molecule has 1 aliphatic rings. The fourth-order valence-corrected chi connectivity index (χ4v) is 3.73. The molecule has 0 spiro atoms. The summed E-state index contributed by atoms with van der Waals surface area (Å²) >= 11 is 0. The van der Waals surface area contributed by atoms with Gasteiger partial charge in [-0.05, 0) is 49.9 Å². The number of aliphatic carboxylic acids is 1. The number of rotatable bonds is 13. The SMILES string of the molecule is COc1cc2c(cc1OC)CN(C(=O)C(C)NC(C)C(=O)O)C(C(=O)OCCCCO[N+](=O)[O-])C2. The van der Waals surface area contributed by atoms with Crippen molar-refractivity contribution < 1.29 is 43.6 Å². The molecule has 0 saturated carbocycles. The normalized spacial score (nSPS) is 16.5. The van der Waals surface area contributed by atoms with E-state index < -0.39 is 41.1 Å². The number of benzene rings is 1. The second kappa shape index (κ2) is 12.7. The van der Waals surface area contributed by atoms with Gasteiger partial charge in [-0.2, -0.15) is 0 Å². The van der Waals surface area contributed by atoms with Crippen molar-refractivity contribution in [1.29, 1.82) is 0 Å². The fraction of sp³-hybridized carbons (Fsp3) is 0.591. The Morgan fingerprint density at radius 2 is 1.71 bits per heavy atom. The molecule has 0 aromatic heterocycles. The van der Waals surface area contributed by atoms with E-state index in [1.54, 1.807) is 12.1 Å². The molecule has 1 aliphatic heterocycles. The minimum atomic E-state index is -1.11. The molecule has 0 aliphatic carbocycles. The highest BCUT2D eigenvalue weighted by Gasteiger charge is 2.38. The maximum Gasteiger partial charge on any atom is 0.329 e. The first kappa shape index (κ1) is 27.6. The number of nitrogens with one attached hydrogen (secondary N) is 1. The summed E-state index contributed by atoms with van der Waals surface area (Å²) in [4.78, 5) is 53.2. The summed E-state index contributed by atoms with van der Waals surface area (Å²) in [6, 6.07) is 0.690. The van der Waals surface area contributed by atoms with Gasteiger partial charge in [0.2, 0.25) is 5.91 Å². The van der Waals surface area contributed by atoms with Gasteiger partial charge in [-0.1, -0.05) is 0 Å². The Morgan fingerprint density at radius 1 is 1.11 bits per heavy atom. The number of hydrogen-bond acceptors (Lipinski definition) is 10. The van der Waals surface area contributed by atoms with Crippen molar-refractivity contribution in [3.8, 4) is 11.5 Å². The van der Waals surface area contributed by atoms with E-state index in [1.807, 2.05) is 0 Å². The van der Waals surface area contributed by atoms with Crippen molar-refractivity contribution in [3.63, 3.8) is 0 Å². The van der Waals surface area contributed by atoms with E-state index in [0.29, 0.717) is 24.3 Å². The van der Waals surface area contributed by atoms with Gasteiger partial charge in [-0.25, -0.2) is 4.79 Å². The third-order valence-corrected chi connectivity index (χ3v) is 5.61. The highest BCUT2D eigenvalue weighted by Crippen LogP contribution is 2.35. The third-order valence-electron chi connectivity index (χ3n) is 5.61. The minimum Gasteiger partial charge on any atom is -0.493 e. The van der Waals surface area contributed by atoms with Crippen LogP contribution in [0.15, 0.2) is 12.1 Å². The van der Waals surface area contributed by atoms with Crippen molar-refractivity contribution in [2.45, 2.75) is 57.8 Å². The molecule has 1 heterocycles. The number of carbonyl (C=O) groups excluding carboxylic acids is 2. The number of carboxylic acid groups (broad SMARTS) is 1. The molecule has 3 unspecified atom stereocenters. The van der Waals surface area contributed by atoms with Crippen LogP contribution in [0.25, 0.3) is 0 Å². The van der Waals surface area contributed by atoms with Crippen LogP contribution in [0.3, 0.4) is 0 Å². The molecule has 2 N–H and O–H groups in total. The van der Waals surface area contributed by atoms with E-state index in [1.165, 1.54) is 33.0 Å². The van der Waals surface area contributed by atoms with E-state index in [-0.39, 0.29) is 26.2 Å². The summed E-state index contributed by atoms with van der Waals surface area (Å²) in [6.07, 6.45) is 0.817. The zero-order valence-corrected chi connectivity index (χ0v) is 20.1. The second-order valence-electron chi connectivity index (χ2n) is 8.04. The van der Waals surface area contributed by atoms with Crippen LogP contribution in [-0.2, 0) is 36.9 Å². The average Bonchev–Trinajstić information content (AvgIpc) is 2.83. The number of ether oxygens (including phenoxy) is 3. The lowest BCUT2D eigenvalue weighted by Gasteiger charge is -2.37. The lowest BCUT2D eigenvalue weighted by molar-refractivity contribution is -0.757. The van der Waals surface area contributed by atoms with Gasteiger partial charge in [0.15, 0.2) is 11.5 Å². The Bertz CT molecular complexity index is 938. The van der Waals surface area contributed by atoms with Gasteiger partial charge in [0.05, 0.1) is 33.5 Å². The highest BCUT2D eigenvalue weighted by atomic mass is 16.9. The largest absolute Gasteiger partial charge is 0.493 e. The summed E-state index contributed by atoms with van der Waals surface area (Å²) < 4.78 is 16.1. The fourth-order valence-electron chi connectivity index (χ4n) is 3.73. The van der Waals surface area contributed by atoms with E-state index in [2.05, 4.69) is 10.2 Å². The zero-order chi connectivity index (χ0) is 26.1. The van der Waals surface area contributed by atoms with Crippen LogP contribution in [0.1, 0.15) is 37.8 Å². The summed E-state index contributed by atoms with van der Waals surface area (Å²) in [5, 5.41) is 21.2. The first-order chi connectivity index (χ1) is 16.6. The maximum absolute atomic E-state index is 13.3. The molecule has 3 atom stereocenters. The summed E-state index contributed by atoms with van der Waals surface area (Å²) in [6.45, 7) is 2.92. The van der Waals surface area contributed by atoms with Gasteiger partial charge in [-0.15, -0.1) is 10.1 Å². The number of fused-ring (bicyclic) bond motifs is 1. The molecular weight excluding hydrogens is 466 g/mol. The van der Waals surface area contributed by atoms with Crippen LogP contribution < -0.4 is 14.8 Å². The van der Waals surface area contributed by atoms with E-state index >= 15 is 0 Å². The van der Waals surface area contributed by atoms with Crippen LogP contribution >= 0.6 is 0 Å². The van der Waals surface area contributed by atoms with Crippen molar-refractivity contribution in [2.24, 2.45) is 0 Å². The molecule has 194 valence electrons.